The minimum Gasteiger partial charge on any atom is -0.366 e. The zero-order chi connectivity index (χ0) is 7.97. The van der Waals surface area contributed by atoms with Crippen LogP contribution in [0.4, 0.5) is 0 Å². The van der Waals surface area contributed by atoms with Crippen molar-refractivity contribution in [3.05, 3.63) is 36.3 Å². The van der Waals surface area contributed by atoms with Crippen molar-refractivity contribution in [1.29, 1.82) is 0 Å². The second kappa shape index (κ2) is 2.08. The Kier molecular flexibility index (Phi) is 1.07. The molecule has 1 saturated heterocycles. The number of fused-ring (bicyclic) bond motifs is 1. The minimum absolute atomic E-state index is 0.280. The molecular formula is C9H8N2O. The second-order valence-electron chi connectivity index (χ2n) is 2.93. The first-order chi connectivity index (χ1) is 5.95. The summed E-state index contributed by atoms with van der Waals surface area (Å²) in [7, 11) is 0. The van der Waals surface area contributed by atoms with E-state index in [1.807, 2.05) is 30.6 Å². The molecule has 0 saturated carbocycles. The van der Waals surface area contributed by atoms with Gasteiger partial charge in [0.2, 0.25) is 0 Å². The molecule has 0 aromatic carbocycles. The van der Waals surface area contributed by atoms with E-state index in [4.69, 9.17) is 4.74 Å². The number of pyridine rings is 1. The van der Waals surface area contributed by atoms with Gasteiger partial charge in [-0.25, -0.2) is 4.98 Å². The number of nitrogens with zero attached hydrogens (tertiary/aromatic N) is 2. The molecule has 0 amide bonds. The molecule has 60 valence electrons. The largest absolute Gasteiger partial charge is 0.366 e. The van der Waals surface area contributed by atoms with E-state index in [0.717, 1.165) is 17.9 Å². The Labute approximate surface area is 69.6 Å². The van der Waals surface area contributed by atoms with Crippen molar-refractivity contribution < 1.29 is 4.74 Å². The molecule has 2 aromatic rings. The summed E-state index contributed by atoms with van der Waals surface area (Å²) in [6.45, 7) is 0.836. The molecule has 3 heterocycles. The van der Waals surface area contributed by atoms with Gasteiger partial charge in [0.1, 0.15) is 11.8 Å². The summed E-state index contributed by atoms with van der Waals surface area (Å²) >= 11 is 0. The zero-order valence-corrected chi connectivity index (χ0v) is 6.47. The van der Waals surface area contributed by atoms with Crippen LogP contribution in [-0.2, 0) is 4.74 Å². The van der Waals surface area contributed by atoms with Crippen LogP contribution in [-0.4, -0.2) is 16.0 Å². The first-order valence-corrected chi connectivity index (χ1v) is 3.99. The highest BCUT2D eigenvalue weighted by Gasteiger charge is 2.27. The van der Waals surface area contributed by atoms with Gasteiger partial charge in [-0.2, -0.15) is 0 Å². The molecule has 0 spiro atoms. The number of aromatic nitrogens is 2. The lowest BCUT2D eigenvalue weighted by atomic mass is 10.3. The average molecular weight is 160 g/mol. The molecule has 3 nitrogen and oxygen atoms in total. The summed E-state index contributed by atoms with van der Waals surface area (Å²) in [5.74, 6) is 0. The molecule has 1 fully saturated rings. The van der Waals surface area contributed by atoms with Crippen LogP contribution >= 0.6 is 0 Å². The van der Waals surface area contributed by atoms with Gasteiger partial charge in [0.15, 0.2) is 0 Å². The van der Waals surface area contributed by atoms with E-state index < -0.39 is 0 Å². The molecule has 0 unspecified atom stereocenters. The van der Waals surface area contributed by atoms with Crippen molar-refractivity contribution in [3.8, 4) is 0 Å². The third-order valence-corrected chi connectivity index (χ3v) is 2.11. The predicted octanol–water partition coefficient (Wildman–Crippen LogP) is 1.41. The van der Waals surface area contributed by atoms with Gasteiger partial charge in [0, 0.05) is 6.20 Å². The maximum Gasteiger partial charge on any atom is 0.136 e. The van der Waals surface area contributed by atoms with E-state index in [9.17, 15) is 0 Å². The Hall–Kier alpha value is -1.35. The summed E-state index contributed by atoms with van der Waals surface area (Å²) in [6.07, 6.45) is 4.18. The van der Waals surface area contributed by atoms with Crippen molar-refractivity contribution in [2.24, 2.45) is 0 Å². The molecule has 0 radical (unpaired) electrons. The molecule has 0 aliphatic carbocycles. The highest BCUT2D eigenvalue weighted by Crippen LogP contribution is 2.29. The van der Waals surface area contributed by atoms with Gasteiger partial charge < -0.3 is 9.14 Å². The Morgan fingerprint density at radius 3 is 3.25 bits per heavy atom. The van der Waals surface area contributed by atoms with Crippen LogP contribution in [0.1, 0.15) is 11.8 Å². The molecule has 1 aliphatic rings. The van der Waals surface area contributed by atoms with Crippen LogP contribution in [0.25, 0.3) is 5.65 Å². The Balaban J connectivity index is 2.30. The van der Waals surface area contributed by atoms with Crippen LogP contribution in [0.3, 0.4) is 0 Å². The van der Waals surface area contributed by atoms with Crippen molar-refractivity contribution in [3.63, 3.8) is 0 Å². The fourth-order valence-corrected chi connectivity index (χ4v) is 1.41. The number of rotatable bonds is 1. The van der Waals surface area contributed by atoms with Crippen LogP contribution in [0, 0.1) is 0 Å². The minimum atomic E-state index is 0.280. The van der Waals surface area contributed by atoms with Crippen LogP contribution in [0.2, 0.25) is 0 Å². The second-order valence-corrected chi connectivity index (χ2v) is 2.93. The standard InChI is InChI=1S/C9H8N2O/c1-2-4-11-7(8-6-12-8)5-10-9(11)3-1/h1-5,8H,6H2/t8-/m1/s1. The summed E-state index contributed by atoms with van der Waals surface area (Å²) < 4.78 is 7.27. The summed E-state index contributed by atoms with van der Waals surface area (Å²) in [6, 6.07) is 5.98. The van der Waals surface area contributed by atoms with E-state index in [1.165, 1.54) is 0 Å². The van der Waals surface area contributed by atoms with Gasteiger partial charge in [-0.3, -0.25) is 0 Å². The van der Waals surface area contributed by atoms with Gasteiger partial charge in [-0.05, 0) is 12.1 Å². The number of epoxide rings is 1. The highest BCUT2D eigenvalue weighted by molar-refractivity contribution is 5.40. The van der Waals surface area contributed by atoms with E-state index in [1.54, 1.807) is 0 Å². The quantitative estimate of drug-likeness (QED) is 0.590. The highest BCUT2D eigenvalue weighted by atomic mass is 16.6. The number of imidazole rings is 1. The monoisotopic (exact) mass is 160 g/mol. The fourth-order valence-electron chi connectivity index (χ4n) is 1.41. The molecule has 3 rings (SSSR count). The molecular weight excluding hydrogens is 152 g/mol. The normalized spacial score (nSPS) is 21.5. The molecule has 12 heavy (non-hydrogen) atoms. The number of hydrogen-bond donors (Lipinski definition) is 0. The lowest BCUT2D eigenvalue weighted by molar-refractivity contribution is 0.410. The fraction of sp³-hybridized carbons (Fsp3) is 0.222. The molecule has 3 heteroatoms. The lowest BCUT2D eigenvalue weighted by Crippen LogP contribution is -1.88. The first kappa shape index (κ1) is 6.20. The molecule has 0 N–H and O–H groups in total. The van der Waals surface area contributed by atoms with Crippen molar-refractivity contribution in [1.82, 2.24) is 9.38 Å². The predicted molar refractivity (Wildman–Crippen MR) is 43.9 cm³/mol. The van der Waals surface area contributed by atoms with Gasteiger partial charge in [0.25, 0.3) is 0 Å². The smallest absolute Gasteiger partial charge is 0.136 e. The maximum atomic E-state index is 5.20. The third kappa shape index (κ3) is 0.769. The summed E-state index contributed by atoms with van der Waals surface area (Å²) in [5.41, 5.74) is 2.15. The summed E-state index contributed by atoms with van der Waals surface area (Å²) in [5, 5.41) is 0. The van der Waals surface area contributed by atoms with Gasteiger partial charge in [-0.1, -0.05) is 6.07 Å². The van der Waals surface area contributed by atoms with E-state index in [0.29, 0.717) is 0 Å². The average Bonchev–Trinajstić information content (AvgIpc) is 2.86. The zero-order valence-electron chi connectivity index (χ0n) is 6.47. The third-order valence-electron chi connectivity index (χ3n) is 2.11. The first-order valence-electron chi connectivity index (χ1n) is 3.99. The maximum absolute atomic E-state index is 5.20. The topological polar surface area (TPSA) is 29.8 Å². The van der Waals surface area contributed by atoms with Crippen LogP contribution in [0.15, 0.2) is 30.6 Å². The van der Waals surface area contributed by atoms with Gasteiger partial charge in [0.05, 0.1) is 18.5 Å². The van der Waals surface area contributed by atoms with Crippen molar-refractivity contribution >= 4 is 5.65 Å². The molecule has 0 bridgehead atoms. The summed E-state index contributed by atoms with van der Waals surface area (Å²) in [4.78, 5) is 4.26. The van der Waals surface area contributed by atoms with E-state index in [-0.39, 0.29) is 6.10 Å². The van der Waals surface area contributed by atoms with E-state index >= 15 is 0 Å². The molecule has 1 atom stereocenters. The van der Waals surface area contributed by atoms with Crippen molar-refractivity contribution in [2.75, 3.05) is 6.61 Å². The van der Waals surface area contributed by atoms with Gasteiger partial charge >= 0.3 is 0 Å². The molecule has 1 aliphatic heterocycles. The molecule has 2 aromatic heterocycles. The van der Waals surface area contributed by atoms with Crippen LogP contribution in [0.5, 0.6) is 0 Å². The number of ether oxygens (including phenoxy) is 1. The lowest BCUT2D eigenvalue weighted by Gasteiger charge is -1.94. The van der Waals surface area contributed by atoms with Gasteiger partial charge in [-0.15, -0.1) is 0 Å². The van der Waals surface area contributed by atoms with E-state index in [2.05, 4.69) is 9.38 Å². The Bertz CT molecular complexity index is 417. The number of hydrogen-bond acceptors (Lipinski definition) is 2. The van der Waals surface area contributed by atoms with Crippen molar-refractivity contribution in [2.45, 2.75) is 6.10 Å². The van der Waals surface area contributed by atoms with Crippen LogP contribution < -0.4 is 0 Å². The SMILES string of the molecule is c1ccn2c([C@H]3CO3)cnc2c1. The Morgan fingerprint density at radius 1 is 1.50 bits per heavy atom. The Morgan fingerprint density at radius 2 is 2.42 bits per heavy atom.